The summed E-state index contributed by atoms with van der Waals surface area (Å²) in [5, 5.41) is 9.81. The first kappa shape index (κ1) is 9.73. The van der Waals surface area contributed by atoms with Gasteiger partial charge in [-0.25, -0.2) is 4.99 Å². The van der Waals surface area contributed by atoms with E-state index < -0.39 is 12.0 Å². The number of carbonyl (C=O) groups excluding carboxylic acids is 2. The van der Waals surface area contributed by atoms with E-state index in [-0.39, 0.29) is 11.5 Å². The molecular formula is C11H9NO3. The van der Waals surface area contributed by atoms with Gasteiger partial charge in [-0.15, -0.1) is 0 Å². The van der Waals surface area contributed by atoms with Gasteiger partial charge in [0, 0.05) is 12.5 Å². The zero-order valence-corrected chi connectivity index (χ0v) is 8.10. The number of amides is 1. The van der Waals surface area contributed by atoms with Crippen LogP contribution in [0.4, 0.5) is 0 Å². The van der Waals surface area contributed by atoms with Gasteiger partial charge < -0.3 is 5.11 Å². The van der Waals surface area contributed by atoms with Crippen molar-refractivity contribution in [3.8, 4) is 0 Å². The minimum absolute atomic E-state index is 0.0845. The van der Waals surface area contributed by atoms with Crippen LogP contribution in [0.15, 0.2) is 29.3 Å². The van der Waals surface area contributed by atoms with Crippen molar-refractivity contribution in [3.05, 3.63) is 35.4 Å². The van der Waals surface area contributed by atoms with E-state index in [0.29, 0.717) is 11.1 Å². The molecule has 1 aliphatic heterocycles. The van der Waals surface area contributed by atoms with Crippen molar-refractivity contribution in [1.29, 1.82) is 0 Å². The van der Waals surface area contributed by atoms with E-state index in [1.807, 2.05) is 0 Å². The fourth-order valence-corrected chi connectivity index (χ4v) is 1.58. The van der Waals surface area contributed by atoms with Crippen molar-refractivity contribution in [2.24, 2.45) is 4.99 Å². The van der Waals surface area contributed by atoms with Gasteiger partial charge in [-0.2, -0.15) is 0 Å². The third-order valence-corrected chi connectivity index (χ3v) is 2.33. The molecule has 1 aromatic rings. The summed E-state index contributed by atoms with van der Waals surface area (Å²) in [6.07, 6.45) is -1.09. The lowest BCUT2D eigenvalue weighted by Gasteiger charge is -2.18. The van der Waals surface area contributed by atoms with Gasteiger partial charge in [0.1, 0.15) is 11.8 Å². The van der Waals surface area contributed by atoms with Crippen molar-refractivity contribution in [1.82, 2.24) is 0 Å². The summed E-state index contributed by atoms with van der Waals surface area (Å²) in [6, 6.07) is 6.60. The van der Waals surface area contributed by atoms with Gasteiger partial charge in [0.15, 0.2) is 5.78 Å². The van der Waals surface area contributed by atoms with Gasteiger partial charge in [-0.05, 0) is 11.6 Å². The molecule has 0 radical (unpaired) electrons. The summed E-state index contributed by atoms with van der Waals surface area (Å²) < 4.78 is 0. The molecular weight excluding hydrogens is 194 g/mol. The average molecular weight is 203 g/mol. The fraction of sp³-hybridized carbons (Fsp3) is 0.182. The van der Waals surface area contributed by atoms with E-state index in [0.717, 1.165) is 0 Å². The van der Waals surface area contributed by atoms with Crippen LogP contribution in [0.3, 0.4) is 0 Å². The Balaban J connectivity index is 2.58. The van der Waals surface area contributed by atoms with Crippen molar-refractivity contribution < 1.29 is 14.7 Å². The highest BCUT2D eigenvalue weighted by Crippen LogP contribution is 2.25. The third kappa shape index (κ3) is 1.49. The molecule has 0 aromatic heterocycles. The first-order chi connectivity index (χ1) is 7.11. The topological polar surface area (TPSA) is 66.7 Å². The maximum absolute atomic E-state index is 11.5. The van der Waals surface area contributed by atoms with E-state index in [1.54, 1.807) is 24.3 Å². The predicted molar refractivity (Wildman–Crippen MR) is 53.8 cm³/mol. The molecule has 0 aliphatic carbocycles. The lowest BCUT2D eigenvalue weighted by atomic mass is 9.94. The first-order valence-corrected chi connectivity index (χ1v) is 4.52. The number of hydrogen-bond donors (Lipinski definition) is 1. The van der Waals surface area contributed by atoms with Gasteiger partial charge in [0.05, 0.1) is 0 Å². The van der Waals surface area contributed by atoms with Crippen LogP contribution in [0.1, 0.15) is 28.9 Å². The number of aliphatic hydroxyl groups excluding tert-OH is 1. The Morgan fingerprint density at radius 1 is 1.40 bits per heavy atom. The summed E-state index contributed by atoms with van der Waals surface area (Å²) in [5.41, 5.74) is 0.719. The number of carbonyl (C=O) groups is 2. The minimum Gasteiger partial charge on any atom is -0.382 e. The normalized spacial score (nSPS) is 19.5. The van der Waals surface area contributed by atoms with Crippen LogP contribution >= 0.6 is 0 Å². The molecule has 1 atom stereocenters. The quantitative estimate of drug-likeness (QED) is 0.737. The van der Waals surface area contributed by atoms with E-state index in [1.165, 1.54) is 6.92 Å². The molecule has 0 saturated carbocycles. The van der Waals surface area contributed by atoms with Crippen LogP contribution in [0.25, 0.3) is 0 Å². The number of rotatable bonds is 1. The number of benzene rings is 1. The molecule has 0 saturated heterocycles. The second-order valence-electron chi connectivity index (χ2n) is 3.35. The molecule has 0 fully saturated rings. The zero-order valence-electron chi connectivity index (χ0n) is 8.10. The third-order valence-electron chi connectivity index (χ3n) is 2.33. The molecule has 1 aliphatic rings. The highest BCUT2D eigenvalue weighted by atomic mass is 16.3. The molecule has 0 bridgehead atoms. The predicted octanol–water partition coefficient (Wildman–Crippen LogP) is 0.904. The summed E-state index contributed by atoms with van der Waals surface area (Å²) in [7, 11) is 0. The maximum Gasteiger partial charge on any atom is 0.277 e. The number of Topliss-reactive ketones (excluding diaryl/α,β-unsaturated/α-hetero) is 1. The highest BCUT2D eigenvalue weighted by Gasteiger charge is 2.29. The van der Waals surface area contributed by atoms with Crippen LogP contribution in [0, 0.1) is 0 Å². The van der Waals surface area contributed by atoms with Crippen molar-refractivity contribution in [2.45, 2.75) is 13.0 Å². The molecule has 1 aromatic carbocycles. The minimum atomic E-state index is -1.09. The van der Waals surface area contributed by atoms with Gasteiger partial charge >= 0.3 is 0 Å². The second kappa shape index (κ2) is 3.40. The van der Waals surface area contributed by atoms with Crippen LogP contribution < -0.4 is 0 Å². The number of aliphatic imine (C=N–C) groups is 1. The lowest BCUT2D eigenvalue weighted by Crippen LogP contribution is -2.27. The molecule has 15 heavy (non-hydrogen) atoms. The molecule has 1 amide bonds. The van der Waals surface area contributed by atoms with Crippen LogP contribution in [0.2, 0.25) is 0 Å². The fourth-order valence-electron chi connectivity index (χ4n) is 1.58. The molecule has 76 valence electrons. The number of hydrogen-bond acceptors (Lipinski definition) is 3. The summed E-state index contributed by atoms with van der Waals surface area (Å²) in [4.78, 5) is 26.2. The standard InChI is InChI=1S/C11H9NO3/c1-6(13)9-10(14)7-4-2-3-5-8(7)11(15)12-9/h2-5,10,14H,1H3. The van der Waals surface area contributed by atoms with E-state index >= 15 is 0 Å². The SMILES string of the molecule is CC(=O)C1=NC(=O)c2ccccc2C1O. The molecule has 0 spiro atoms. The Hall–Kier alpha value is -1.81. The van der Waals surface area contributed by atoms with Crippen LogP contribution in [0.5, 0.6) is 0 Å². The molecule has 4 heteroatoms. The summed E-state index contributed by atoms with van der Waals surface area (Å²) >= 11 is 0. The Labute approximate surface area is 86.3 Å². The van der Waals surface area contributed by atoms with E-state index in [9.17, 15) is 14.7 Å². The van der Waals surface area contributed by atoms with Crippen molar-refractivity contribution in [2.75, 3.05) is 0 Å². The highest BCUT2D eigenvalue weighted by molar-refractivity contribution is 6.43. The Morgan fingerprint density at radius 3 is 2.73 bits per heavy atom. The number of ketones is 1. The second-order valence-corrected chi connectivity index (χ2v) is 3.35. The molecule has 1 N–H and O–H groups in total. The summed E-state index contributed by atoms with van der Waals surface area (Å²) in [5.74, 6) is -0.855. The Bertz CT molecular complexity index is 476. The van der Waals surface area contributed by atoms with E-state index in [2.05, 4.69) is 4.99 Å². The molecule has 2 rings (SSSR count). The van der Waals surface area contributed by atoms with Crippen molar-refractivity contribution in [3.63, 3.8) is 0 Å². The van der Waals surface area contributed by atoms with Gasteiger partial charge in [-0.3, -0.25) is 9.59 Å². The lowest BCUT2D eigenvalue weighted by molar-refractivity contribution is -0.111. The van der Waals surface area contributed by atoms with Gasteiger partial charge in [0.2, 0.25) is 0 Å². The molecule has 4 nitrogen and oxygen atoms in total. The zero-order chi connectivity index (χ0) is 11.0. The Morgan fingerprint density at radius 2 is 2.07 bits per heavy atom. The first-order valence-electron chi connectivity index (χ1n) is 4.52. The summed E-state index contributed by atoms with van der Waals surface area (Å²) in [6.45, 7) is 1.28. The molecule has 1 heterocycles. The number of nitrogens with zero attached hydrogens (tertiary/aromatic N) is 1. The van der Waals surface area contributed by atoms with Crippen LogP contribution in [-0.4, -0.2) is 22.5 Å². The van der Waals surface area contributed by atoms with Gasteiger partial charge in [0.25, 0.3) is 5.91 Å². The number of fused-ring (bicyclic) bond motifs is 1. The van der Waals surface area contributed by atoms with Gasteiger partial charge in [-0.1, -0.05) is 18.2 Å². The average Bonchev–Trinajstić information content (AvgIpc) is 2.23. The van der Waals surface area contributed by atoms with Crippen molar-refractivity contribution >= 4 is 17.4 Å². The largest absolute Gasteiger partial charge is 0.382 e. The number of aliphatic hydroxyl groups is 1. The van der Waals surface area contributed by atoms with Crippen LogP contribution in [-0.2, 0) is 4.79 Å². The smallest absolute Gasteiger partial charge is 0.277 e. The monoisotopic (exact) mass is 203 g/mol. The molecule has 1 unspecified atom stereocenters. The maximum atomic E-state index is 11.5. The Kier molecular flexibility index (Phi) is 2.21. The van der Waals surface area contributed by atoms with E-state index in [4.69, 9.17) is 0 Å².